The number of hydrogen-bond donors (Lipinski definition) is 0. The molecule has 0 saturated carbocycles. The van der Waals surface area contributed by atoms with Gasteiger partial charge in [0.1, 0.15) is 6.61 Å². The molecule has 0 fully saturated rings. The largest absolute Gasteiger partial charge is 0.461 e. The van der Waals surface area contributed by atoms with Crippen LogP contribution in [0.25, 0.3) is 0 Å². The molecule has 0 aromatic heterocycles. The monoisotopic (exact) mass is 220 g/mol. The van der Waals surface area contributed by atoms with E-state index in [4.69, 9.17) is 9.47 Å². The highest BCUT2D eigenvalue weighted by molar-refractivity contribution is 8.00. The first-order chi connectivity index (χ1) is 6.41. The van der Waals surface area contributed by atoms with E-state index in [1.165, 1.54) is 25.6 Å². The highest BCUT2D eigenvalue weighted by atomic mass is 32.2. The van der Waals surface area contributed by atoms with Crippen molar-refractivity contribution in [2.75, 3.05) is 6.61 Å². The predicted octanol–water partition coefficient (Wildman–Crippen LogP) is 1.58. The molecule has 0 aromatic carbocycles. The number of carbonyl (C=O) groups is 2. The number of esters is 2. The van der Waals surface area contributed by atoms with Gasteiger partial charge in [-0.15, -0.1) is 11.8 Å². The Morgan fingerprint density at radius 1 is 1.21 bits per heavy atom. The third-order valence-electron chi connectivity index (χ3n) is 1.14. The standard InChI is InChI=1S/C9H16O4S/c1-6(2)14-9(13-8(4)11)5-12-7(3)10/h6,9H,5H2,1-4H3/t9-/m0/s1. The van der Waals surface area contributed by atoms with E-state index in [2.05, 4.69) is 0 Å². The quantitative estimate of drug-likeness (QED) is 0.520. The van der Waals surface area contributed by atoms with Crippen molar-refractivity contribution in [3.63, 3.8) is 0 Å². The molecule has 0 aliphatic rings. The van der Waals surface area contributed by atoms with Gasteiger partial charge in [-0.3, -0.25) is 9.59 Å². The lowest BCUT2D eigenvalue weighted by Crippen LogP contribution is -2.22. The first kappa shape index (κ1) is 13.3. The van der Waals surface area contributed by atoms with Crippen LogP contribution in [0.3, 0.4) is 0 Å². The van der Waals surface area contributed by atoms with Gasteiger partial charge in [-0.05, 0) is 0 Å². The Morgan fingerprint density at radius 3 is 2.14 bits per heavy atom. The maximum atomic E-state index is 10.7. The normalized spacial score (nSPS) is 12.4. The number of thioether (sulfide) groups is 1. The van der Waals surface area contributed by atoms with Crippen molar-refractivity contribution in [1.82, 2.24) is 0 Å². The van der Waals surface area contributed by atoms with Crippen molar-refractivity contribution in [3.8, 4) is 0 Å². The summed E-state index contributed by atoms with van der Waals surface area (Å²) in [4.78, 5) is 21.3. The maximum absolute atomic E-state index is 10.7. The Bertz CT molecular complexity index is 203. The third-order valence-corrected chi connectivity index (χ3v) is 2.22. The fourth-order valence-electron chi connectivity index (χ4n) is 0.775. The lowest BCUT2D eigenvalue weighted by Gasteiger charge is -2.17. The number of ether oxygens (including phenoxy) is 2. The Hall–Kier alpha value is -0.710. The summed E-state index contributed by atoms with van der Waals surface area (Å²) in [6.07, 6.45) is 0. The molecule has 0 aromatic rings. The summed E-state index contributed by atoms with van der Waals surface area (Å²) < 4.78 is 9.73. The van der Waals surface area contributed by atoms with Gasteiger partial charge in [0, 0.05) is 19.1 Å². The smallest absolute Gasteiger partial charge is 0.303 e. The van der Waals surface area contributed by atoms with Crippen LogP contribution in [0, 0.1) is 0 Å². The molecule has 82 valence electrons. The third kappa shape index (κ3) is 7.91. The van der Waals surface area contributed by atoms with Gasteiger partial charge < -0.3 is 9.47 Å². The molecule has 0 bridgehead atoms. The number of carbonyl (C=O) groups excluding carboxylic acids is 2. The van der Waals surface area contributed by atoms with Gasteiger partial charge in [-0.25, -0.2) is 0 Å². The van der Waals surface area contributed by atoms with Crippen molar-refractivity contribution < 1.29 is 19.1 Å². The molecule has 1 atom stereocenters. The van der Waals surface area contributed by atoms with Crippen LogP contribution >= 0.6 is 11.8 Å². The van der Waals surface area contributed by atoms with Crippen LogP contribution in [-0.4, -0.2) is 29.2 Å². The molecule has 14 heavy (non-hydrogen) atoms. The van der Waals surface area contributed by atoms with Crippen molar-refractivity contribution in [1.29, 1.82) is 0 Å². The lowest BCUT2D eigenvalue weighted by molar-refractivity contribution is -0.151. The lowest BCUT2D eigenvalue weighted by atomic mass is 10.6. The summed E-state index contributed by atoms with van der Waals surface area (Å²) in [5.74, 6) is -0.734. The van der Waals surface area contributed by atoms with E-state index in [9.17, 15) is 9.59 Å². The summed E-state index contributed by atoms with van der Waals surface area (Å²) in [6.45, 7) is 6.73. The number of rotatable bonds is 5. The molecule has 0 rings (SSSR count). The molecular weight excluding hydrogens is 204 g/mol. The fraction of sp³-hybridized carbons (Fsp3) is 0.778. The molecule has 0 N–H and O–H groups in total. The van der Waals surface area contributed by atoms with E-state index in [1.54, 1.807) is 0 Å². The zero-order valence-corrected chi connectivity index (χ0v) is 9.72. The fourth-order valence-corrected chi connectivity index (χ4v) is 1.72. The molecule has 0 saturated heterocycles. The minimum atomic E-state index is -0.406. The van der Waals surface area contributed by atoms with Gasteiger partial charge in [0.25, 0.3) is 0 Å². The van der Waals surface area contributed by atoms with Crippen LogP contribution in [-0.2, 0) is 19.1 Å². The average Bonchev–Trinajstić information content (AvgIpc) is 1.97. The first-order valence-corrected chi connectivity index (χ1v) is 5.32. The Kier molecular flexibility index (Phi) is 6.36. The second-order valence-corrected chi connectivity index (χ2v) is 4.77. The van der Waals surface area contributed by atoms with Gasteiger partial charge >= 0.3 is 11.9 Å². The maximum Gasteiger partial charge on any atom is 0.303 e. The summed E-state index contributed by atoms with van der Waals surface area (Å²) in [5.41, 5.74) is -0.406. The summed E-state index contributed by atoms with van der Waals surface area (Å²) >= 11 is 1.45. The Labute approximate surface area is 88.3 Å². The van der Waals surface area contributed by atoms with Crippen LogP contribution in [0.15, 0.2) is 0 Å². The second-order valence-electron chi connectivity index (χ2n) is 3.03. The van der Waals surface area contributed by atoms with E-state index >= 15 is 0 Å². The minimum Gasteiger partial charge on any atom is -0.461 e. The second kappa shape index (κ2) is 6.70. The highest BCUT2D eigenvalue weighted by Crippen LogP contribution is 2.18. The topological polar surface area (TPSA) is 52.6 Å². The Balaban J connectivity index is 3.96. The molecule has 0 unspecified atom stereocenters. The molecule has 0 radical (unpaired) electrons. The van der Waals surface area contributed by atoms with E-state index in [-0.39, 0.29) is 18.5 Å². The van der Waals surface area contributed by atoms with Crippen LogP contribution in [0.2, 0.25) is 0 Å². The molecule has 0 aliphatic carbocycles. The van der Waals surface area contributed by atoms with Gasteiger partial charge in [0.2, 0.25) is 0 Å². The van der Waals surface area contributed by atoms with E-state index in [0.29, 0.717) is 5.25 Å². The predicted molar refractivity (Wildman–Crippen MR) is 54.9 cm³/mol. The van der Waals surface area contributed by atoms with E-state index in [1.807, 2.05) is 13.8 Å². The molecule has 5 heteroatoms. The summed E-state index contributed by atoms with van der Waals surface area (Å²) in [5, 5.41) is 0.315. The highest BCUT2D eigenvalue weighted by Gasteiger charge is 2.15. The molecule has 0 amide bonds. The van der Waals surface area contributed by atoms with E-state index < -0.39 is 5.44 Å². The van der Waals surface area contributed by atoms with Gasteiger partial charge in [0.15, 0.2) is 5.44 Å². The summed E-state index contributed by atoms with van der Waals surface area (Å²) in [6, 6.07) is 0. The van der Waals surface area contributed by atoms with Crippen LogP contribution < -0.4 is 0 Å². The molecular formula is C9H16O4S. The van der Waals surface area contributed by atoms with Gasteiger partial charge in [0.05, 0.1) is 0 Å². The average molecular weight is 220 g/mol. The van der Waals surface area contributed by atoms with Gasteiger partial charge in [-0.2, -0.15) is 0 Å². The number of hydrogen-bond acceptors (Lipinski definition) is 5. The summed E-state index contributed by atoms with van der Waals surface area (Å²) in [7, 11) is 0. The first-order valence-electron chi connectivity index (χ1n) is 4.38. The van der Waals surface area contributed by atoms with Crippen LogP contribution in [0.4, 0.5) is 0 Å². The SMILES string of the molecule is CC(=O)OC[C@@H](OC(C)=O)SC(C)C. The molecule has 0 heterocycles. The zero-order chi connectivity index (χ0) is 11.1. The minimum absolute atomic E-state index is 0.109. The van der Waals surface area contributed by atoms with Gasteiger partial charge in [-0.1, -0.05) is 13.8 Å². The van der Waals surface area contributed by atoms with Crippen molar-refractivity contribution >= 4 is 23.7 Å². The molecule has 0 spiro atoms. The molecule has 0 aliphatic heterocycles. The zero-order valence-electron chi connectivity index (χ0n) is 8.90. The van der Waals surface area contributed by atoms with E-state index in [0.717, 1.165) is 0 Å². The molecule has 4 nitrogen and oxygen atoms in total. The van der Waals surface area contributed by atoms with Crippen LogP contribution in [0.5, 0.6) is 0 Å². The van der Waals surface area contributed by atoms with Crippen molar-refractivity contribution in [2.45, 2.75) is 38.4 Å². The van der Waals surface area contributed by atoms with Crippen LogP contribution in [0.1, 0.15) is 27.7 Å². The van der Waals surface area contributed by atoms with Crippen molar-refractivity contribution in [3.05, 3.63) is 0 Å². The Morgan fingerprint density at radius 2 is 1.79 bits per heavy atom. The van der Waals surface area contributed by atoms with Crippen molar-refractivity contribution in [2.24, 2.45) is 0 Å².